The van der Waals surface area contributed by atoms with Crippen molar-refractivity contribution >= 4 is 5.97 Å². The third-order valence-electron chi connectivity index (χ3n) is 7.74. The Hall–Kier alpha value is -3.08. The fourth-order valence-corrected chi connectivity index (χ4v) is 5.09. The average Bonchev–Trinajstić information content (AvgIpc) is 2.99. The van der Waals surface area contributed by atoms with Crippen molar-refractivity contribution in [2.24, 2.45) is 0 Å². The Kier molecular flexibility index (Phi) is 14.0. The Balaban J connectivity index is 1.54. The molecule has 5 heteroatoms. The monoisotopic (exact) mass is 560 g/mol. The normalized spacial score (nSPS) is 12.7. The lowest BCUT2D eigenvalue weighted by Gasteiger charge is -2.18. The van der Waals surface area contributed by atoms with Crippen LogP contribution in [-0.2, 0) is 11.2 Å². The molecular weight excluding hydrogens is 511 g/mol. The van der Waals surface area contributed by atoms with Crippen LogP contribution in [0.15, 0.2) is 60.9 Å². The zero-order valence-corrected chi connectivity index (χ0v) is 25.5. The van der Waals surface area contributed by atoms with Crippen molar-refractivity contribution in [3.8, 4) is 28.3 Å². The lowest BCUT2D eigenvalue weighted by atomic mass is 9.98. The largest absolute Gasteiger partial charge is 0.424 e. The molecule has 1 unspecified atom stereocenters. The highest BCUT2D eigenvalue weighted by Crippen LogP contribution is 2.32. The molecule has 0 fully saturated rings. The first-order chi connectivity index (χ1) is 19.9. The third-order valence-corrected chi connectivity index (χ3v) is 7.74. The number of hydrogen-bond donors (Lipinski definition) is 0. The highest BCUT2D eigenvalue weighted by atomic mass is 19.1. The molecule has 0 spiro atoms. The summed E-state index contributed by atoms with van der Waals surface area (Å²) in [5, 5.41) is 0. The molecule has 1 atom stereocenters. The first-order valence-electron chi connectivity index (χ1n) is 15.9. The van der Waals surface area contributed by atoms with E-state index in [1.165, 1.54) is 64.7 Å². The highest BCUT2D eigenvalue weighted by molar-refractivity contribution is 5.82. The molecule has 0 saturated carbocycles. The number of alkyl halides is 1. The van der Waals surface area contributed by atoms with Gasteiger partial charge in [0.05, 0.1) is 0 Å². The molecule has 1 aromatic heterocycles. The Labute approximate surface area is 247 Å². The van der Waals surface area contributed by atoms with Gasteiger partial charge >= 0.3 is 5.97 Å². The molecule has 0 aliphatic carbocycles. The minimum Gasteiger partial charge on any atom is -0.424 e. The Morgan fingerprint density at radius 2 is 1.27 bits per heavy atom. The molecule has 4 nitrogen and oxygen atoms in total. The van der Waals surface area contributed by atoms with Gasteiger partial charge in [-0.15, -0.1) is 0 Å². The first kappa shape index (κ1) is 32.4. The number of benzene rings is 2. The van der Waals surface area contributed by atoms with Crippen molar-refractivity contribution < 1.29 is 13.9 Å². The summed E-state index contributed by atoms with van der Waals surface area (Å²) in [6.07, 6.45) is 20.2. The van der Waals surface area contributed by atoms with Crippen LogP contribution in [0.2, 0.25) is 0 Å². The van der Waals surface area contributed by atoms with Gasteiger partial charge in [-0.3, -0.25) is 0 Å². The minimum atomic E-state index is -1.99. The van der Waals surface area contributed by atoms with Crippen LogP contribution < -0.4 is 4.74 Å². The summed E-state index contributed by atoms with van der Waals surface area (Å²) in [6.45, 7) is 5.77. The predicted molar refractivity (Wildman–Crippen MR) is 168 cm³/mol. The number of aromatic nitrogens is 2. The molecule has 0 bridgehead atoms. The second kappa shape index (κ2) is 17.7. The van der Waals surface area contributed by atoms with E-state index in [0.29, 0.717) is 18.0 Å². The molecule has 0 amide bonds. The summed E-state index contributed by atoms with van der Waals surface area (Å²) in [6, 6.07) is 15.2. The smallest absolute Gasteiger partial charge is 0.348 e. The summed E-state index contributed by atoms with van der Waals surface area (Å²) < 4.78 is 20.5. The molecule has 41 heavy (non-hydrogen) atoms. The van der Waals surface area contributed by atoms with Crippen molar-refractivity contribution in [2.75, 3.05) is 0 Å². The Morgan fingerprint density at radius 1 is 0.732 bits per heavy atom. The summed E-state index contributed by atoms with van der Waals surface area (Å²) in [5.74, 6) is 0.197. The lowest BCUT2D eigenvalue weighted by molar-refractivity contribution is -0.147. The lowest BCUT2D eigenvalue weighted by Crippen LogP contribution is -2.34. The van der Waals surface area contributed by atoms with Gasteiger partial charge in [0.25, 0.3) is 0 Å². The van der Waals surface area contributed by atoms with Gasteiger partial charge in [-0.05, 0) is 61.4 Å². The van der Waals surface area contributed by atoms with Crippen LogP contribution in [0.1, 0.15) is 116 Å². The number of halogens is 1. The Morgan fingerprint density at radius 3 is 1.88 bits per heavy atom. The van der Waals surface area contributed by atoms with Gasteiger partial charge in [0.15, 0.2) is 5.82 Å². The van der Waals surface area contributed by atoms with Gasteiger partial charge in [-0.2, -0.15) is 0 Å². The van der Waals surface area contributed by atoms with E-state index in [1.54, 1.807) is 12.1 Å². The quantitative estimate of drug-likeness (QED) is 0.0831. The summed E-state index contributed by atoms with van der Waals surface area (Å²) in [4.78, 5) is 21.9. The second-order valence-corrected chi connectivity index (χ2v) is 11.5. The SMILES string of the molecule is CCCCCCCCCCC(C)(F)C(=O)Oc1ccc(-c2ccccc2-c2ncc(CCCCCCC)cn2)cc1. The maximum Gasteiger partial charge on any atom is 0.348 e. The number of hydrogen-bond acceptors (Lipinski definition) is 4. The van der Waals surface area contributed by atoms with Gasteiger partial charge < -0.3 is 4.74 Å². The number of esters is 1. The van der Waals surface area contributed by atoms with E-state index >= 15 is 4.39 Å². The third kappa shape index (κ3) is 11.0. The zero-order chi connectivity index (χ0) is 29.3. The van der Waals surface area contributed by atoms with Crippen LogP contribution >= 0.6 is 0 Å². The summed E-state index contributed by atoms with van der Waals surface area (Å²) in [5.41, 5.74) is 2.05. The van der Waals surface area contributed by atoms with E-state index < -0.39 is 11.6 Å². The van der Waals surface area contributed by atoms with E-state index in [9.17, 15) is 4.79 Å². The van der Waals surface area contributed by atoms with Gasteiger partial charge in [0, 0.05) is 18.0 Å². The number of carbonyl (C=O) groups is 1. The number of aryl methyl sites for hydroxylation is 1. The molecule has 0 saturated heterocycles. The molecule has 3 rings (SSSR count). The van der Waals surface area contributed by atoms with Gasteiger partial charge in [-0.1, -0.05) is 121 Å². The van der Waals surface area contributed by atoms with Crippen molar-refractivity contribution in [3.63, 3.8) is 0 Å². The van der Waals surface area contributed by atoms with Crippen molar-refractivity contribution in [2.45, 2.75) is 123 Å². The van der Waals surface area contributed by atoms with Crippen LogP contribution in [-0.4, -0.2) is 21.6 Å². The summed E-state index contributed by atoms with van der Waals surface area (Å²) >= 11 is 0. The van der Waals surface area contributed by atoms with Gasteiger partial charge in [0.1, 0.15) is 5.75 Å². The van der Waals surface area contributed by atoms with Crippen molar-refractivity contribution in [3.05, 3.63) is 66.5 Å². The first-order valence-corrected chi connectivity index (χ1v) is 15.9. The minimum absolute atomic E-state index is 0.184. The fraction of sp³-hybridized carbons (Fsp3) is 0.528. The van der Waals surface area contributed by atoms with Crippen LogP contribution in [0, 0.1) is 0 Å². The molecule has 1 heterocycles. The van der Waals surface area contributed by atoms with Gasteiger partial charge in [0.2, 0.25) is 5.67 Å². The standard InChI is InChI=1S/C36H49FN2O2/c1-4-6-8-10-11-12-14-18-26-36(3,37)35(40)41-31-24-22-30(23-25-31)32-20-16-17-21-33(32)34-38-27-29(28-39-34)19-15-13-9-7-5-2/h16-17,20-25,27-28H,4-15,18-19,26H2,1-3H3. The maximum atomic E-state index is 15.1. The number of unbranched alkanes of at least 4 members (excludes halogenated alkanes) is 11. The molecule has 0 radical (unpaired) electrons. The van der Waals surface area contributed by atoms with E-state index in [-0.39, 0.29) is 6.42 Å². The zero-order valence-electron chi connectivity index (χ0n) is 25.5. The van der Waals surface area contributed by atoms with E-state index in [2.05, 4.69) is 23.8 Å². The molecule has 0 aliphatic heterocycles. The predicted octanol–water partition coefficient (Wildman–Crippen LogP) is 10.5. The molecule has 222 valence electrons. The number of nitrogens with zero attached hydrogens (tertiary/aromatic N) is 2. The average molecular weight is 561 g/mol. The number of ether oxygens (including phenoxy) is 1. The fourth-order valence-electron chi connectivity index (χ4n) is 5.09. The molecule has 0 N–H and O–H groups in total. The van der Waals surface area contributed by atoms with E-state index in [1.807, 2.05) is 48.8 Å². The van der Waals surface area contributed by atoms with Crippen molar-refractivity contribution in [1.82, 2.24) is 9.97 Å². The Bertz CT molecular complexity index is 1160. The molecular formula is C36H49FN2O2. The van der Waals surface area contributed by atoms with Crippen LogP contribution in [0.25, 0.3) is 22.5 Å². The molecule has 3 aromatic rings. The van der Waals surface area contributed by atoms with Gasteiger partial charge in [-0.25, -0.2) is 19.2 Å². The molecule has 2 aromatic carbocycles. The maximum absolute atomic E-state index is 15.1. The topological polar surface area (TPSA) is 52.1 Å². The van der Waals surface area contributed by atoms with E-state index in [0.717, 1.165) is 47.9 Å². The second-order valence-electron chi connectivity index (χ2n) is 11.5. The summed E-state index contributed by atoms with van der Waals surface area (Å²) in [7, 11) is 0. The number of rotatable bonds is 19. The van der Waals surface area contributed by atoms with Crippen LogP contribution in [0.3, 0.4) is 0 Å². The van der Waals surface area contributed by atoms with Crippen molar-refractivity contribution in [1.29, 1.82) is 0 Å². The van der Waals surface area contributed by atoms with Crippen LogP contribution in [0.4, 0.5) is 4.39 Å². The van der Waals surface area contributed by atoms with Crippen LogP contribution in [0.5, 0.6) is 5.75 Å². The van der Waals surface area contributed by atoms with E-state index in [4.69, 9.17) is 4.74 Å². The highest BCUT2D eigenvalue weighted by Gasteiger charge is 2.34. The number of carbonyl (C=O) groups excluding carboxylic acids is 1. The molecule has 0 aliphatic rings.